The largest absolute Gasteiger partial charge is 0.476 e. The fourth-order valence-electron chi connectivity index (χ4n) is 3.40. The maximum Gasteiger partial charge on any atom is 0.264 e. The van der Waals surface area contributed by atoms with Crippen LogP contribution in [-0.4, -0.2) is 33.5 Å². The van der Waals surface area contributed by atoms with Gasteiger partial charge in [0, 0.05) is 6.54 Å². The smallest absolute Gasteiger partial charge is 0.264 e. The Labute approximate surface area is 185 Å². The number of carbonyl (C=O) groups excluding carboxylic acids is 1. The van der Waals surface area contributed by atoms with Gasteiger partial charge in [0.05, 0.1) is 17.1 Å². The average molecular weight is 445 g/mol. The highest BCUT2D eigenvalue weighted by atomic mass is 32.2. The fraction of sp³-hybridized carbons (Fsp3) is 0.458. The van der Waals surface area contributed by atoms with Crippen LogP contribution in [-0.2, 0) is 20.2 Å². The molecule has 1 N–H and O–H groups in total. The van der Waals surface area contributed by atoms with Crippen LogP contribution in [0.15, 0.2) is 53.4 Å². The molecule has 168 valence electrons. The zero-order valence-corrected chi connectivity index (χ0v) is 19.7. The van der Waals surface area contributed by atoms with E-state index in [1.54, 1.807) is 36.4 Å². The molecule has 2 aromatic rings. The van der Waals surface area contributed by atoms with Crippen LogP contribution in [0.25, 0.3) is 0 Å². The number of rotatable bonds is 6. The van der Waals surface area contributed by atoms with Gasteiger partial charge in [-0.1, -0.05) is 58.9 Å². The van der Waals surface area contributed by atoms with Crippen molar-refractivity contribution < 1.29 is 17.9 Å². The molecule has 1 aliphatic rings. The van der Waals surface area contributed by atoms with Gasteiger partial charge in [0.25, 0.3) is 15.9 Å². The van der Waals surface area contributed by atoms with E-state index in [1.807, 2.05) is 12.1 Å². The number of hydrogen-bond acceptors (Lipinski definition) is 4. The van der Waals surface area contributed by atoms with Gasteiger partial charge >= 0.3 is 0 Å². The number of carbonyl (C=O) groups is 1. The van der Waals surface area contributed by atoms with Gasteiger partial charge in [0.15, 0.2) is 6.10 Å². The Bertz CT molecular complexity index is 1030. The zero-order valence-electron chi connectivity index (χ0n) is 18.9. The first-order valence-corrected chi connectivity index (χ1v) is 12.1. The Hall–Kier alpha value is -2.54. The molecule has 1 heterocycles. The molecule has 0 aromatic heterocycles. The zero-order chi connectivity index (χ0) is 22.8. The van der Waals surface area contributed by atoms with Crippen molar-refractivity contribution >= 4 is 21.6 Å². The normalized spacial score (nSPS) is 16.6. The van der Waals surface area contributed by atoms with Gasteiger partial charge in [-0.05, 0) is 47.6 Å². The van der Waals surface area contributed by atoms with E-state index in [1.165, 1.54) is 4.31 Å². The number of sulfonamides is 1. The van der Waals surface area contributed by atoms with Crippen LogP contribution in [0.5, 0.6) is 5.75 Å². The van der Waals surface area contributed by atoms with Gasteiger partial charge in [-0.3, -0.25) is 9.10 Å². The first-order chi connectivity index (χ1) is 14.5. The molecule has 0 unspecified atom stereocenters. The third kappa shape index (κ3) is 5.21. The number of amides is 1. The highest BCUT2D eigenvalue weighted by Gasteiger charge is 2.38. The van der Waals surface area contributed by atoms with Gasteiger partial charge in [-0.15, -0.1) is 0 Å². The summed E-state index contributed by atoms with van der Waals surface area (Å²) in [5.74, 6) is 0.543. The van der Waals surface area contributed by atoms with Gasteiger partial charge in [0.2, 0.25) is 0 Å². The maximum absolute atomic E-state index is 13.5. The third-order valence-electron chi connectivity index (χ3n) is 5.34. The standard InChI is InChI=1S/C24H32N2O4S/c1-17(2)13-14-25-23(27)22-16-26(31(28,29)19-9-7-6-8-10-19)20-15-18(24(3,4)5)11-12-21(20)30-22/h6-12,15,17,22H,13-14,16H2,1-5H3,(H,25,27)/t22-/m0/s1. The monoisotopic (exact) mass is 444 g/mol. The lowest BCUT2D eigenvalue weighted by Gasteiger charge is -2.36. The van der Waals surface area contributed by atoms with Crippen molar-refractivity contribution in [2.45, 2.75) is 57.5 Å². The Morgan fingerprint density at radius 1 is 1.16 bits per heavy atom. The van der Waals surface area contributed by atoms with E-state index in [4.69, 9.17) is 4.74 Å². The van der Waals surface area contributed by atoms with Gasteiger partial charge in [-0.2, -0.15) is 0 Å². The molecule has 31 heavy (non-hydrogen) atoms. The summed E-state index contributed by atoms with van der Waals surface area (Å²) in [4.78, 5) is 13.0. The summed E-state index contributed by atoms with van der Waals surface area (Å²) < 4.78 is 34.3. The maximum atomic E-state index is 13.5. The minimum Gasteiger partial charge on any atom is -0.476 e. The number of anilines is 1. The summed E-state index contributed by atoms with van der Waals surface area (Å²) in [6, 6.07) is 13.8. The number of nitrogens with one attached hydrogen (secondary N) is 1. The predicted molar refractivity (Wildman–Crippen MR) is 123 cm³/mol. The van der Waals surface area contributed by atoms with Crippen LogP contribution in [0, 0.1) is 5.92 Å². The van der Waals surface area contributed by atoms with Crippen molar-refractivity contribution in [2.75, 3.05) is 17.4 Å². The third-order valence-corrected chi connectivity index (χ3v) is 7.13. The number of hydrogen-bond donors (Lipinski definition) is 1. The number of fused-ring (bicyclic) bond motifs is 1. The molecule has 3 rings (SSSR count). The van der Waals surface area contributed by atoms with Crippen molar-refractivity contribution in [2.24, 2.45) is 5.92 Å². The molecule has 2 aromatic carbocycles. The van der Waals surface area contributed by atoms with Crippen LogP contribution in [0.2, 0.25) is 0 Å². The van der Waals surface area contributed by atoms with Crippen molar-refractivity contribution in [3.63, 3.8) is 0 Å². The molecular formula is C24H32N2O4S. The first-order valence-electron chi connectivity index (χ1n) is 10.7. The van der Waals surface area contributed by atoms with Gasteiger partial charge in [0.1, 0.15) is 5.75 Å². The summed E-state index contributed by atoms with van der Waals surface area (Å²) in [5, 5.41) is 2.88. The van der Waals surface area contributed by atoms with E-state index < -0.39 is 16.1 Å². The molecule has 0 saturated carbocycles. The Morgan fingerprint density at radius 3 is 2.45 bits per heavy atom. The quantitative estimate of drug-likeness (QED) is 0.728. The van der Waals surface area contributed by atoms with E-state index in [-0.39, 0.29) is 22.8 Å². The van der Waals surface area contributed by atoms with Crippen LogP contribution >= 0.6 is 0 Å². The van der Waals surface area contributed by atoms with Crippen molar-refractivity contribution in [3.8, 4) is 5.75 Å². The summed E-state index contributed by atoms with van der Waals surface area (Å²) in [7, 11) is -3.86. The van der Waals surface area contributed by atoms with E-state index in [9.17, 15) is 13.2 Å². The molecule has 0 spiro atoms. The topological polar surface area (TPSA) is 75.7 Å². The van der Waals surface area contributed by atoms with E-state index in [2.05, 4.69) is 39.9 Å². The molecule has 1 amide bonds. The molecule has 7 heteroatoms. The summed E-state index contributed by atoms with van der Waals surface area (Å²) >= 11 is 0. The van der Waals surface area contributed by atoms with Gasteiger partial charge < -0.3 is 10.1 Å². The summed E-state index contributed by atoms with van der Waals surface area (Å²) in [6.45, 7) is 10.8. The van der Waals surface area contributed by atoms with E-state index in [0.29, 0.717) is 23.9 Å². The minimum absolute atomic E-state index is 0.0780. The second-order valence-electron chi connectivity index (χ2n) is 9.36. The molecular weight excluding hydrogens is 412 g/mol. The lowest BCUT2D eigenvalue weighted by Crippen LogP contribution is -2.51. The Morgan fingerprint density at radius 2 is 1.84 bits per heavy atom. The summed E-state index contributed by atoms with van der Waals surface area (Å²) in [5.41, 5.74) is 1.29. The second kappa shape index (κ2) is 8.91. The molecule has 1 aliphatic heterocycles. The van der Waals surface area contributed by atoms with Crippen LogP contribution < -0.4 is 14.4 Å². The Kier molecular flexibility index (Phi) is 6.65. The average Bonchev–Trinajstić information content (AvgIpc) is 2.72. The fourth-order valence-corrected chi connectivity index (χ4v) is 4.89. The highest BCUT2D eigenvalue weighted by molar-refractivity contribution is 7.92. The van der Waals surface area contributed by atoms with E-state index >= 15 is 0 Å². The molecule has 0 aliphatic carbocycles. The minimum atomic E-state index is -3.86. The molecule has 0 bridgehead atoms. The lowest BCUT2D eigenvalue weighted by molar-refractivity contribution is -0.127. The molecule has 0 radical (unpaired) electrons. The molecule has 6 nitrogen and oxygen atoms in total. The van der Waals surface area contributed by atoms with Crippen molar-refractivity contribution in [1.29, 1.82) is 0 Å². The number of benzene rings is 2. The van der Waals surface area contributed by atoms with Crippen molar-refractivity contribution in [1.82, 2.24) is 5.32 Å². The van der Waals surface area contributed by atoms with E-state index in [0.717, 1.165) is 12.0 Å². The number of ether oxygens (including phenoxy) is 1. The second-order valence-corrected chi connectivity index (χ2v) is 11.2. The summed E-state index contributed by atoms with van der Waals surface area (Å²) in [6.07, 6.45) is -0.0747. The molecule has 1 atom stereocenters. The highest BCUT2D eigenvalue weighted by Crippen LogP contribution is 2.40. The first kappa shape index (κ1) is 23.1. The lowest BCUT2D eigenvalue weighted by atomic mass is 9.86. The number of nitrogens with zero attached hydrogens (tertiary/aromatic N) is 1. The van der Waals surface area contributed by atoms with Crippen LogP contribution in [0.1, 0.15) is 46.6 Å². The van der Waals surface area contributed by atoms with Gasteiger partial charge in [-0.25, -0.2) is 8.42 Å². The SMILES string of the molecule is CC(C)CCNC(=O)[C@@H]1CN(S(=O)(=O)c2ccccc2)c2cc(C(C)(C)C)ccc2O1. The Balaban J connectivity index is 2.00. The van der Waals surface area contributed by atoms with Crippen molar-refractivity contribution in [3.05, 3.63) is 54.1 Å². The van der Waals surface area contributed by atoms with Crippen LogP contribution in [0.4, 0.5) is 5.69 Å². The molecule has 0 saturated heterocycles. The molecule has 0 fully saturated rings. The predicted octanol–water partition coefficient (Wildman–Crippen LogP) is 4.10. The van der Waals surface area contributed by atoms with Crippen LogP contribution in [0.3, 0.4) is 0 Å².